The van der Waals surface area contributed by atoms with Crippen LogP contribution in [0.2, 0.25) is 0 Å². The van der Waals surface area contributed by atoms with Crippen LogP contribution in [0.15, 0.2) is 53.5 Å². The average molecular weight is 544 g/mol. The van der Waals surface area contributed by atoms with Crippen LogP contribution in [0.1, 0.15) is 49.3 Å². The van der Waals surface area contributed by atoms with Crippen LogP contribution in [0.3, 0.4) is 0 Å². The summed E-state index contributed by atoms with van der Waals surface area (Å²) in [6.45, 7) is 0.0932. The molecule has 0 bridgehead atoms. The van der Waals surface area contributed by atoms with Crippen LogP contribution in [0.5, 0.6) is 5.75 Å². The molecule has 1 fully saturated rings. The Balaban J connectivity index is 0.00000289. The SMILES string of the molecule is C#Cc1cccc(NC(=O)CNC(=NC)NC2CC3(CCCC3)Oc3ccccc32)c1.I. The van der Waals surface area contributed by atoms with Gasteiger partial charge in [-0.05, 0) is 49.9 Å². The Morgan fingerprint density at radius 1 is 1.22 bits per heavy atom. The van der Waals surface area contributed by atoms with Crippen LogP contribution in [0.25, 0.3) is 0 Å². The molecule has 1 heterocycles. The molecule has 1 atom stereocenters. The van der Waals surface area contributed by atoms with Gasteiger partial charge in [0.1, 0.15) is 11.4 Å². The van der Waals surface area contributed by atoms with E-state index in [4.69, 9.17) is 11.2 Å². The largest absolute Gasteiger partial charge is 0.487 e. The van der Waals surface area contributed by atoms with Crippen molar-refractivity contribution >= 4 is 41.5 Å². The van der Waals surface area contributed by atoms with Crippen LogP contribution in [-0.4, -0.2) is 31.1 Å². The summed E-state index contributed by atoms with van der Waals surface area (Å²) in [4.78, 5) is 16.7. The van der Waals surface area contributed by atoms with Crippen molar-refractivity contribution < 1.29 is 9.53 Å². The zero-order valence-corrected chi connectivity index (χ0v) is 20.5. The van der Waals surface area contributed by atoms with Crippen molar-refractivity contribution in [2.75, 3.05) is 18.9 Å². The second-order valence-electron chi connectivity index (χ2n) is 8.13. The zero-order valence-electron chi connectivity index (χ0n) is 18.2. The first kappa shape index (κ1) is 23.9. The van der Waals surface area contributed by atoms with Gasteiger partial charge in [-0.25, -0.2) is 0 Å². The van der Waals surface area contributed by atoms with Crippen molar-refractivity contribution in [2.24, 2.45) is 4.99 Å². The van der Waals surface area contributed by atoms with Gasteiger partial charge in [-0.3, -0.25) is 9.79 Å². The number of carbonyl (C=O) groups excluding carboxylic acids is 1. The van der Waals surface area contributed by atoms with E-state index in [1.54, 1.807) is 13.1 Å². The van der Waals surface area contributed by atoms with Crippen LogP contribution < -0.4 is 20.7 Å². The average Bonchev–Trinajstić information content (AvgIpc) is 3.23. The molecule has 32 heavy (non-hydrogen) atoms. The molecule has 1 unspecified atom stereocenters. The number of nitrogens with zero attached hydrogens (tertiary/aromatic N) is 1. The van der Waals surface area contributed by atoms with Crippen molar-refractivity contribution in [3.8, 4) is 18.1 Å². The molecule has 6 nitrogen and oxygen atoms in total. The molecule has 1 saturated carbocycles. The molecule has 1 aliphatic carbocycles. The van der Waals surface area contributed by atoms with E-state index in [0.717, 1.165) is 36.1 Å². The summed E-state index contributed by atoms with van der Waals surface area (Å²) in [5.74, 6) is 3.92. The van der Waals surface area contributed by atoms with Crippen molar-refractivity contribution in [1.29, 1.82) is 0 Å². The number of fused-ring (bicyclic) bond motifs is 1. The summed E-state index contributed by atoms with van der Waals surface area (Å²) in [6.07, 6.45) is 10.9. The molecular formula is C25H29IN4O2. The topological polar surface area (TPSA) is 74.8 Å². The number of ether oxygens (including phenoxy) is 1. The lowest BCUT2D eigenvalue weighted by Crippen LogP contribution is -2.47. The zero-order chi connectivity index (χ0) is 21.7. The minimum atomic E-state index is -0.170. The predicted molar refractivity (Wildman–Crippen MR) is 139 cm³/mol. The molecule has 168 valence electrons. The van der Waals surface area contributed by atoms with E-state index in [2.05, 4.69) is 32.9 Å². The van der Waals surface area contributed by atoms with Crippen molar-refractivity contribution in [3.05, 3.63) is 59.7 Å². The number of carbonyl (C=O) groups is 1. The Kier molecular flexibility index (Phi) is 8.02. The highest BCUT2D eigenvalue weighted by Gasteiger charge is 2.43. The number of rotatable bonds is 4. The van der Waals surface area contributed by atoms with Gasteiger partial charge in [0.25, 0.3) is 0 Å². The van der Waals surface area contributed by atoms with E-state index in [0.29, 0.717) is 11.6 Å². The molecule has 1 amide bonds. The lowest BCUT2D eigenvalue weighted by atomic mass is 9.86. The summed E-state index contributed by atoms with van der Waals surface area (Å²) in [6, 6.07) is 15.5. The van der Waals surface area contributed by atoms with Crippen molar-refractivity contribution in [1.82, 2.24) is 10.6 Å². The molecule has 1 spiro atoms. The van der Waals surface area contributed by atoms with E-state index >= 15 is 0 Å². The number of aliphatic imine (C=N–C) groups is 1. The maximum Gasteiger partial charge on any atom is 0.243 e. The molecule has 0 saturated heterocycles. The molecule has 2 aromatic carbocycles. The molecule has 2 aliphatic rings. The Bertz CT molecular complexity index is 1020. The van der Waals surface area contributed by atoms with Gasteiger partial charge in [-0.1, -0.05) is 30.2 Å². The molecule has 7 heteroatoms. The van der Waals surface area contributed by atoms with E-state index in [-0.39, 0.29) is 48.1 Å². The molecule has 4 rings (SSSR count). The number of hydrogen-bond acceptors (Lipinski definition) is 3. The van der Waals surface area contributed by atoms with Gasteiger partial charge in [0, 0.05) is 30.3 Å². The molecule has 2 aromatic rings. The summed E-state index contributed by atoms with van der Waals surface area (Å²) < 4.78 is 6.43. The minimum absolute atomic E-state index is 0. The fraction of sp³-hybridized carbons (Fsp3) is 0.360. The third kappa shape index (κ3) is 5.54. The van der Waals surface area contributed by atoms with Gasteiger partial charge >= 0.3 is 0 Å². The lowest BCUT2D eigenvalue weighted by molar-refractivity contribution is -0.115. The van der Waals surface area contributed by atoms with E-state index in [1.165, 1.54) is 12.8 Å². The molecule has 3 N–H and O–H groups in total. The van der Waals surface area contributed by atoms with Crippen LogP contribution in [-0.2, 0) is 4.79 Å². The van der Waals surface area contributed by atoms with Gasteiger partial charge in [0.05, 0.1) is 12.6 Å². The summed E-state index contributed by atoms with van der Waals surface area (Å²) in [5, 5.41) is 9.48. The van der Waals surface area contributed by atoms with Gasteiger partial charge in [0.2, 0.25) is 5.91 Å². The first-order valence-electron chi connectivity index (χ1n) is 10.7. The lowest BCUT2D eigenvalue weighted by Gasteiger charge is -2.40. The number of terminal acetylenes is 1. The number of anilines is 1. The maximum atomic E-state index is 12.4. The second kappa shape index (κ2) is 10.7. The van der Waals surface area contributed by atoms with Crippen molar-refractivity contribution in [2.45, 2.75) is 43.7 Å². The van der Waals surface area contributed by atoms with Gasteiger partial charge < -0.3 is 20.7 Å². The first-order valence-corrected chi connectivity index (χ1v) is 10.7. The molecular weight excluding hydrogens is 515 g/mol. The number of nitrogens with one attached hydrogen (secondary N) is 3. The van der Waals surface area contributed by atoms with Crippen molar-refractivity contribution in [3.63, 3.8) is 0 Å². The fourth-order valence-corrected chi connectivity index (χ4v) is 4.49. The number of halogens is 1. The minimum Gasteiger partial charge on any atom is -0.487 e. The van der Waals surface area contributed by atoms with Gasteiger partial charge in [0.15, 0.2) is 5.96 Å². The first-order chi connectivity index (χ1) is 15.1. The Morgan fingerprint density at radius 3 is 2.75 bits per heavy atom. The highest BCUT2D eigenvalue weighted by Crippen LogP contribution is 2.46. The van der Waals surface area contributed by atoms with Gasteiger partial charge in [-0.15, -0.1) is 30.4 Å². The van der Waals surface area contributed by atoms with E-state index < -0.39 is 0 Å². The number of benzene rings is 2. The Labute approximate surface area is 206 Å². The van der Waals surface area contributed by atoms with Gasteiger partial charge in [-0.2, -0.15) is 0 Å². The standard InChI is InChI=1S/C25H28N4O2.HI/c1-3-18-9-8-10-19(15-18)28-23(30)17-27-24(26-2)29-21-16-25(13-6-7-14-25)31-22-12-5-4-11-20(21)22;/h1,4-5,8-12,15,21H,6-7,13-14,16-17H2,2H3,(H,28,30)(H2,26,27,29);1H. The summed E-state index contributed by atoms with van der Waals surface area (Å²) in [5.41, 5.74) is 2.41. The molecule has 1 aliphatic heterocycles. The number of guanidine groups is 1. The third-order valence-electron chi connectivity index (χ3n) is 5.98. The van der Waals surface area contributed by atoms with E-state index in [9.17, 15) is 4.79 Å². The number of para-hydroxylation sites is 1. The predicted octanol–water partition coefficient (Wildman–Crippen LogP) is 4.23. The highest BCUT2D eigenvalue weighted by molar-refractivity contribution is 14.0. The van der Waals surface area contributed by atoms with Crippen LogP contribution in [0, 0.1) is 12.3 Å². The Hall–Kier alpha value is -2.73. The third-order valence-corrected chi connectivity index (χ3v) is 5.98. The smallest absolute Gasteiger partial charge is 0.243 e. The second-order valence-corrected chi connectivity index (χ2v) is 8.13. The number of amides is 1. The quantitative estimate of drug-likeness (QED) is 0.233. The van der Waals surface area contributed by atoms with Crippen LogP contribution >= 0.6 is 24.0 Å². The maximum absolute atomic E-state index is 12.4. The molecule has 0 radical (unpaired) electrons. The summed E-state index contributed by atoms with van der Waals surface area (Å²) >= 11 is 0. The summed E-state index contributed by atoms with van der Waals surface area (Å²) in [7, 11) is 1.71. The normalized spacial score (nSPS) is 18.5. The van der Waals surface area contributed by atoms with Crippen LogP contribution in [0.4, 0.5) is 5.69 Å². The highest BCUT2D eigenvalue weighted by atomic mass is 127. The fourth-order valence-electron chi connectivity index (χ4n) is 4.49. The Morgan fingerprint density at radius 2 is 2.00 bits per heavy atom. The number of hydrogen-bond donors (Lipinski definition) is 3. The molecule has 0 aromatic heterocycles. The monoisotopic (exact) mass is 544 g/mol. The van der Waals surface area contributed by atoms with E-state index in [1.807, 2.05) is 36.4 Å².